The average molecular weight is 442 g/mol. The first-order valence-corrected chi connectivity index (χ1v) is 10.4. The first kappa shape index (κ1) is 21.2. The van der Waals surface area contributed by atoms with Crippen LogP contribution in [0, 0.1) is 11.3 Å². The zero-order valence-corrected chi connectivity index (χ0v) is 18.3. The first-order chi connectivity index (χ1) is 15.4. The maximum absolute atomic E-state index is 13.2. The fraction of sp³-hybridized carbons (Fsp3) is 0.120. The minimum absolute atomic E-state index is 0.0344. The van der Waals surface area contributed by atoms with Gasteiger partial charge < -0.3 is 4.42 Å². The van der Waals surface area contributed by atoms with Crippen LogP contribution in [0.2, 0.25) is 0 Å². The summed E-state index contributed by atoms with van der Waals surface area (Å²) >= 11 is 5.25. The number of furan rings is 1. The van der Waals surface area contributed by atoms with Crippen LogP contribution >= 0.6 is 12.2 Å². The van der Waals surface area contributed by atoms with Gasteiger partial charge in [-0.2, -0.15) is 5.26 Å². The second-order valence-corrected chi connectivity index (χ2v) is 7.98. The molecule has 0 bridgehead atoms. The predicted octanol–water partition coefficient (Wildman–Crippen LogP) is 4.77. The molecule has 0 spiro atoms. The van der Waals surface area contributed by atoms with Crippen molar-refractivity contribution in [1.29, 1.82) is 5.26 Å². The molecule has 1 aliphatic heterocycles. The van der Waals surface area contributed by atoms with Crippen LogP contribution in [0.25, 0.3) is 17.4 Å². The van der Waals surface area contributed by atoms with E-state index in [4.69, 9.17) is 21.9 Å². The van der Waals surface area contributed by atoms with Crippen LogP contribution in [0.3, 0.4) is 0 Å². The normalized spacial score (nSPS) is 15.2. The van der Waals surface area contributed by atoms with Gasteiger partial charge in [0.1, 0.15) is 17.1 Å². The van der Waals surface area contributed by atoms with Gasteiger partial charge in [-0.1, -0.05) is 26.0 Å². The summed E-state index contributed by atoms with van der Waals surface area (Å²) in [5, 5.41) is 11.5. The smallest absolute Gasteiger partial charge is 0.270 e. The van der Waals surface area contributed by atoms with Crippen LogP contribution in [-0.4, -0.2) is 16.9 Å². The van der Waals surface area contributed by atoms with Crippen LogP contribution in [0.1, 0.15) is 36.7 Å². The average Bonchev–Trinajstić information content (AvgIpc) is 3.25. The number of thiocarbonyl (C=S) groups is 1. The molecule has 158 valence electrons. The summed E-state index contributed by atoms with van der Waals surface area (Å²) in [5.74, 6) is 0.165. The Morgan fingerprint density at radius 2 is 1.72 bits per heavy atom. The molecule has 32 heavy (non-hydrogen) atoms. The summed E-state index contributed by atoms with van der Waals surface area (Å²) in [5.41, 5.74) is 2.96. The molecule has 1 aromatic heterocycles. The lowest BCUT2D eigenvalue weighted by Crippen LogP contribution is -2.54. The number of carbonyl (C=O) groups is 2. The first-order valence-electron chi connectivity index (χ1n) is 9.99. The number of hydrogen-bond donors (Lipinski definition) is 1. The van der Waals surface area contributed by atoms with E-state index in [-0.39, 0.29) is 10.7 Å². The molecule has 2 heterocycles. The van der Waals surface area contributed by atoms with Gasteiger partial charge in [0.2, 0.25) is 0 Å². The van der Waals surface area contributed by atoms with E-state index in [2.05, 4.69) is 25.2 Å². The van der Waals surface area contributed by atoms with Gasteiger partial charge in [0.05, 0.1) is 17.3 Å². The summed E-state index contributed by atoms with van der Waals surface area (Å²) in [6, 6.07) is 19.9. The van der Waals surface area contributed by atoms with E-state index in [1.165, 1.54) is 11.0 Å². The van der Waals surface area contributed by atoms with Crippen molar-refractivity contribution in [2.75, 3.05) is 4.90 Å². The lowest BCUT2D eigenvalue weighted by atomic mass is 10.0. The molecular weight excluding hydrogens is 422 g/mol. The summed E-state index contributed by atoms with van der Waals surface area (Å²) in [6.45, 7) is 4.17. The SMILES string of the molecule is CC(C)c1ccc(N2C(=O)/C(=C/c3ccc(-c4ccc(C#N)cc4)o3)C(=O)NC2=S)cc1. The van der Waals surface area contributed by atoms with Crippen molar-refractivity contribution in [1.82, 2.24) is 5.32 Å². The molecule has 0 radical (unpaired) electrons. The maximum atomic E-state index is 13.2. The molecule has 7 heteroatoms. The highest BCUT2D eigenvalue weighted by atomic mass is 32.1. The van der Waals surface area contributed by atoms with E-state index < -0.39 is 11.8 Å². The van der Waals surface area contributed by atoms with Gasteiger partial charge in [-0.25, -0.2) is 0 Å². The largest absolute Gasteiger partial charge is 0.457 e. The van der Waals surface area contributed by atoms with Gasteiger partial charge >= 0.3 is 0 Å². The molecule has 1 saturated heterocycles. The van der Waals surface area contributed by atoms with Gasteiger partial charge in [0.25, 0.3) is 11.8 Å². The molecule has 1 aliphatic rings. The van der Waals surface area contributed by atoms with Crippen molar-refractivity contribution < 1.29 is 14.0 Å². The molecule has 0 saturated carbocycles. The summed E-state index contributed by atoms with van der Waals surface area (Å²) < 4.78 is 5.81. The van der Waals surface area contributed by atoms with Crippen LogP contribution < -0.4 is 10.2 Å². The molecule has 2 amide bonds. The van der Waals surface area contributed by atoms with E-state index in [0.717, 1.165) is 11.1 Å². The van der Waals surface area contributed by atoms with E-state index >= 15 is 0 Å². The summed E-state index contributed by atoms with van der Waals surface area (Å²) in [4.78, 5) is 27.0. The number of anilines is 1. The quantitative estimate of drug-likeness (QED) is 0.358. The summed E-state index contributed by atoms with van der Waals surface area (Å²) in [7, 11) is 0. The van der Waals surface area contributed by atoms with Gasteiger partial charge in [0, 0.05) is 5.56 Å². The Balaban J connectivity index is 1.63. The minimum atomic E-state index is -0.577. The van der Waals surface area contributed by atoms with Gasteiger partial charge in [-0.05, 0) is 78.3 Å². The van der Waals surface area contributed by atoms with E-state index in [1.807, 2.05) is 24.3 Å². The van der Waals surface area contributed by atoms with Crippen LogP contribution in [0.4, 0.5) is 5.69 Å². The molecule has 4 rings (SSSR count). The minimum Gasteiger partial charge on any atom is -0.457 e. The number of benzene rings is 2. The third-order valence-electron chi connectivity index (χ3n) is 5.13. The Kier molecular flexibility index (Phi) is 5.71. The fourth-order valence-corrected chi connectivity index (χ4v) is 3.62. The standard InChI is InChI=1S/C25H19N3O3S/c1-15(2)17-7-9-19(10-8-17)28-24(30)21(23(29)27-25(28)32)13-20-11-12-22(31-20)18-5-3-16(14-26)4-6-18/h3-13,15H,1-2H3,(H,27,29,32)/b21-13+. The zero-order chi connectivity index (χ0) is 22.8. The van der Waals surface area contributed by atoms with Crippen molar-refractivity contribution in [3.05, 3.63) is 83.1 Å². The Hall–Kier alpha value is -4.02. The highest BCUT2D eigenvalue weighted by molar-refractivity contribution is 7.80. The van der Waals surface area contributed by atoms with Crippen molar-refractivity contribution in [2.24, 2.45) is 0 Å². The Labute approximate surface area is 190 Å². The highest BCUT2D eigenvalue weighted by Crippen LogP contribution is 2.27. The van der Waals surface area contributed by atoms with Crippen molar-refractivity contribution >= 4 is 40.9 Å². The lowest BCUT2D eigenvalue weighted by Gasteiger charge is -2.29. The van der Waals surface area contributed by atoms with Gasteiger partial charge in [0.15, 0.2) is 5.11 Å². The second-order valence-electron chi connectivity index (χ2n) is 7.60. The molecule has 0 unspecified atom stereocenters. The van der Waals surface area contributed by atoms with Gasteiger partial charge in [-0.3, -0.25) is 19.8 Å². The van der Waals surface area contributed by atoms with Crippen molar-refractivity contribution in [3.8, 4) is 17.4 Å². The van der Waals surface area contributed by atoms with E-state index in [1.54, 1.807) is 36.4 Å². The zero-order valence-electron chi connectivity index (χ0n) is 17.5. The Morgan fingerprint density at radius 3 is 2.34 bits per heavy atom. The number of amides is 2. The third kappa shape index (κ3) is 4.09. The fourth-order valence-electron chi connectivity index (χ4n) is 3.34. The summed E-state index contributed by atoms with van der Waals surface area (Å²) in [6.07, 6.45) is 1.40. The molecule has 1 N–H and O–H groups in total. The molecule has 0 aliphatic carbocycles. The molecule has 6 nitrogen and oxygen atoms in total. The number of nitriles is 1. The number of rotatable bonds is 4. The monoisotopic (exact) mass is 441 g/mol. The number of carbonyl (C=O) groups excluding carboxylic acids is 2. The molecular formula is C25H19N3O3S. The van der Waals surface area contributed by atoms with Crippen LogP contribution in [0.15, 0.2) is 70.7 Å². The second kappa shape index (κ2) is 8.61. The number of nitrogens with one attached hydrogen (secondary N) is 1. The van der Waals surface area contributed by atoms with Crippen LogP contribution in [0.5, 0.6) is 0 Å². The van der Waals surface area contributed by atoms with Gasteiger partial charge in [-0.15, -0.1) is 0 Å². The molecule has 1 fully saturated rings. The van der Waals surface area contributed by atoms with E-state index in [0.29, 0.717) is 28.7 Å². The topological polar surface area (TPSA) is 86.3 Å². The highest BCUT2D eigenvalue weighted by Gasteiger charge is 2.34. The van der Waals surface area contributed by atoms with E-state index in [9.17, 15) is 9.59 Å². The number of hydrogen-bond acceptors (Lipinski definition) is 5. The number of nitrogens with zero attached hydrogens (tertiary/aromatic N) is 2. The predicted molar refractivity (Wildman–Crippen MR) is 126 cm³/mol. The van der Waals surface area contributed by atoms with Crippen molar-refractivity contribution in [2.45, 2.75) is 19.8 Å². The Bertz CT molecular complexity index is 1280. The van der Waals surface area contributed by atoms with Crippen molar-refractivity contribution in [3.63, 3.8) is 0 Å². The van der Waals surface area contributed by atoms with Crippen LogP contribution in [-0.2, 0) is 9.59 Å². The Morgan fingerprint density at radius 1 is 1.03 bits per heavy atom. The molecule has 2 aromatic carbocycles. The molecule has 3 aromatic rings. The third-order valence-corrected chi connectivity index (χ3v) is 5.42. The maximum Gasteiger partial charge on any atom is 0.270 e. The molecule has 0 atom stereocenters. The lowest BCUT2D eigenvalue weighted by molar-refractivity contribution is -0.122.